The second-order valence-electron chi connectivity index (χ2n) is 11.7. The minimum absolute atomic E-state index is 0.119. The van der Waals surface area contributed by atoms with Crippen LogP contribution < -0.4 is 27.2 Å². The molecule has 3 fully saturated rings. The van der Waals surface area contributed by atoms with Crippen LogP contribution in [0.15, 0.2) is 54.6 Å². The summed E-state index contributed by atoms with van der Waals surface area (Å²) in [5.41, 5.74) is 16.3. The van der Waals surface area contributed by atoms with Gasteiger partial charge in [-0.25, -0.2) is 14.6 Å². The van der Waals surface area contributed by atoms with Crippen LogP contribution in [0, 0.1) is 18.7 Å². The molecule has 3 aliphatic rings. The van der Waals surface area contributed by atoms with E-state index in [0.717, 1.165) is 48.8 Å². The smallest absolute Gasteiger partial charge is 0.323 e. The second kappa shape index (κ2) is 12.4. The molecule has 5 unspecified atom stereocenters. The van der Waals surface area contributed by atoms with Gasteiger partial charge in [0.1, 0.15) is 5.82 Å². The molecule has 2 amide bonds. The van der Waals surface area contributed by atoms with E-state index in [2.05, 4.69) is 38.5 Å². The van der Waals surface area contributed by atoms with Gasteiger partial charge < -0.3 is 26.0 Å². The number of nitrogens with one attached hydrogen (secondary N) is 4. The number of hydrogen-bond donors (Lipinski definition) is 5. The lowest BCUT2D eigenvalue weighted by Crippen LogP contribution is -2.48. The van der Waals surface area contributed by atoms with E-state index in [1.807, 2.05) is 31.2 Å². The summed E-state index contributed by atoms with van der Waals surface area (Å²) in [6, 6.07) is 16.4. The molecule has 6 rings (SSSR count). The van der Waals surface area contributed by atoms with Crippen molar-refractivity contribution in [1.29, 1.82) is 0 Å². The molecule has 9 heteroatoms. The van der Waals surface area contributed by atoms with E-state index in [1.54, 1.807) is 12.1 Å². The summed E-state index contributed by atoms with van der Waals surface area (Å²) >= 11 is 0. The van der Waals surface area contributed by atoms with Gasteiger partial charge >= 0.3 is 6.03 Å². The maximum absolute atomic E-state index is 14.2. The summed E-state index contributed by atoms with van der Waals surface area (Å²) in [7, 11) is 0. The Morgan fingerprint density at radius 3 is 2.63 bits per heavy atom. The molecule has 2 heterocycles. The van der Waals surface area contributed by atoms with Crippen molar-refractivity contribution in [2.75, 3.05) is 36.9 Å². The van der Waals surface area contributed by atoms with Crippen LogP contribution in [-0.2, 0) is 4.74 Å². The van der Waals surface area contributed by atoms with Gasteiger partial charge in [-0.15, -0.1) is 0 Å². The van der Waals surface area contributed by atoms with E-state index in [9.17, 15) is 9.18 Å². The molecule has 8 nitrogen and oxygen atoms in total. The lowest BCUT2D eigenvalue weighted by molar-refractivity contribution is -0.0127. The molecule has 5 atom stereocenters. The number of halogens is 1. The van der Waals surface area contributed by atoms with Crippen molar-refractivity contribution < 1.29 is 13.9 Å². The monoisotopic (exact) mass is 560 g/mol. The molecule has 1 aliphatic carbocycles. The molecule has 2 aliphatic heterocycles. The van der Waals surface area contributed by atoms with E-state index >= 15 is 0 Å². The van der Waals surface area contributed by atoms with Gasteiger partial charge in [-0.05, 0) is 92.7 Å². The van der Waals surface area contributed by atoms with Gasteiger partial charge in [-0.1, -0.05) is 36.4 Å². The molecule has 6 N–H and O–H groups in total. The first-order valence-corrected chi connectivity index (χ1v) is 14.9. The number of carbonyl (C=O) groups is 1. The first-order valence-electron chi connectivity index (χ1n) is 14.9. The molecule has 218 valence electrons. The fraction of sp³-hybridized carbons (Fsp3) is 0.469. The van der Waals surface area contributed by atoms with Gasteiger partial charge in [0.05, 0.1) is 29.7 Å². The van der Waals surface area contributed by atoms with Crippen molar-refractivity contribution >= 4 is 28.2 Å². The first-order chi connectivity index (χ1) is 20.0. The lowest BCUT2D eigenvalue weighted by atomic mass is 9.70. The van der Waals surface area contributed by atoms with Crippen LogP contribution in [-0.4, -0.2) is 55.5 Å². The number of nitrogens with zero attached hydrogens (tertiary/aromatic N) is 1. The van der Waals surface area contributed by atoms with Crippen LogP contribution in [0.25, 0.3) is 10.8 Å². The Morgan fingerprint density at radius 2 is 1.80 bits per heavy atom. The normalized spacial score (nSPS) is 26.3. The predicted octanol–water partition coefficient (Wildman–Crippen LogP) is 5.06. The third kappa shape index (κ3) is 6.10. The van der Waals surface area contributed by atoms with Crippen molar-refractivity contribution in [2.45, 2.75) is 63.3 Å². The number of benzene rings is 3. The van der Waals surface area contributed by atoms with Gasteiger partial charge in [-0.3, -0.25) is 5.43 Å². The Bertz CT molecular complexity index is 1380. The molecule has 0 radical (unpaired) electrons. The highest BCUT2D eigenvalue weighted by atomic mass is 19.1. The minimum Gasteiger partial charge on any atom is -0.376 e. The summed E-state index contributed by atoms with van der Waals surface area (Å²) in [5.74, 6) is -0.0694. The number of carbonyl (C=O) groups excluding carboxylic acids is 1. The number of anilines is 2. The van der Waals surface area contributed by atoms with E-state index in [1.165, 1.54) is 37.6 Å². The number of nitrogens with two attached hydrogens (primary N) is 1. The Labute approximate surface area is 241 Å². The molecule has 0 spiro atoms. The average Bonchev–Trinajstić information content (AvgIpc) is 3.64. The number of hydrogen-bond acceptors (Lipinski definition) is 6. The van der Waals surface area contributed by atoms with E-state index in [4.69, 9.17) is 10.5 Å². The van der Waals surface area contributed by atoms with Gasteiger partial charge in [0.2, 0.25) is 0 Å². The lowest BCUT2D eigenvalue weighted by Gasteiger charge is -2.40. The zero-order chi connectivity index (χ0) is 28.3. The number of urea groups is 1. The Balaban J connectivity index is 1.17. The number of ether oxygens (including phenoxy) is 1. The highest BCUT2D eigenvalue weighted by Gasteiger charge is 2.47. The molecule has 0 aromatic heterocycles. The van der Waals surface area contributed by atoms with E-state index in [-0.39, 0.29) is 35.8 Å². The van der Waals surface area contributed by atoms with Crippen molar-refractivity contribution in [3.8, 4) is 0 Å². The molecule has 1 saturated carbocycles. The molecule has 2 saturated heterocycles. The third-order valence-electron chi connectivity index (χ3n) is 9.00. The number of likely N-dealkylation sites (tertiary alicyclic amines) is 1. The van der Waals surface area contributed by atoms with Gasteiger partial charge in [-0.2, -0.15) is 0 Å². The van der Waals surface area contributed by atoms with Crippen molar-refractivity contribution in [1.82, 2.24) is 15.8 Å². The van der Waals surface area contributed by atoms with Gasteiger partial charge in [0.25, 0.3) is 0 Å². The maximum Gasteiger partial charge on any atom is 0.323 e. The molecule has 41 heavy (non-hydrogen) atoms. The predicted molar refractivity (Wildman–Crippen MR) is 161 cm³/mol. The summed E-state index contributed by atoms with van der Waals surface area (Å²) in [4.78, 5) is 15.4. The summed E-state index contributed by atoms with van der Waals surface area (Å²) in [6.07, 6.45) is 5.54. The highest BCUT2D eigenvalue weighted by molar-refractivity contribution is 6.07. The summed E-state index contributed by atoms with van der Waals surface area (Å²) in [5, 5.41) is 7.60. The average molecular weight is 561 g/mol. The zero-order valence-corrected chi connectivity index (χ0v) is 23.7. The molecular formula is C32H41FN6O2. The van der Waals surface area contributed by atoms with Crippen molar-refractivity contribution in [2.24, 2.45) is 11.7 Å². The Hall–Kier alpha value is -3.08. The van der Waals surface area contributed by atoms with Crippen LogP contribution >= 0.6 is 0 Å². The summed E-state index contributed by atoms with van der Waals surface area (Å²) < 4.78 is 20.7. The first kappa shape index (κ1) is 28.1. The molecular weight excluding hydrogens is 519 g/mol. The van der Waals surface area contributed by atoms with Crippen LogP contribution in [0.2, 0.25) is 0 Å². The zero-order valence-electron chi connectivity index (χ0n) is 23.7. The van der Waals surface area contributed by atoms with Crippen LogP contribution in [0.1, 0.15) is 49.1 Å². The van der Waals surface area contributed by atoms with E-state index in [0.29, 0.717) is 5.69 Å². The SMILES string of the molecule is Cc1ccc(F)c(NC(=O)Nc2ccc(C3CCC(OCCCN4CCCC4)C4NNC(N)C34)c3ccccc23)c1. The van der Waals surface area contributed by atoms with Gasteiger partial charge in [0.15, 0.2) is 0 Å². The molecule has 0 bridgehead atoms. The maximum atomic E-state index is 14.2. The second-order valence-corrected chi connectivity index (χ2v) is 11.7. The number of amides is 2. The molecule has 3 aromatic rings. The number of rotatable bonds is 8. The number of fused-ring (bicyclic) bond motifs is 2. The Kier molecular flexibility index (Phi) is 8.50. The quantitative estimate of drug-likeness (QED) is 0.247. The fourth-order valence-corrected chi connectivity index (χ4v) is 7.01. The van der Waals surface area contributed by atoms with Gasteiger partial charge in [0, 0.05) is 24.5 Å². The van der Waals surface area contributed by atoms with Crippen LogP contribution in [0.3, 0.4) is 0 Å². The minimum atomic E-state index is -0.485. The van der Waals surface area contributed by atoms with E-state index < -0.39 is 11.8 Å². The standard InChI is InChI=1S/C32H41FN6O2/c1-20-9-12-25(33)27(19-20)36-32(40)35-26-13-10-22(21-7-2-3-8-23(21)26)24-11-14-28(30-29(24)31(34)38-37-30)41-18-6-17-39-15-4-5-16-39/h2-3,7-10,12-13,19,24,28-31,37-38H,4-6,11,14-18,34H2,1H3,(H2,35,36,40). The fourth-order valence-electron chi connectivity index (χ4n) is 7.01. The number of aryl methyl sites for hydroxylation is 1. The van der Waals surface area contributed by atoms with Crippen LogP contribution in [0.4, 0.5) is 20.6 Å². The third-order valence-corrected chi connectivity index (χ3v) is 9.00. The Morgan fingerprint density at radius 1 is 1.02 bits per heavy atom. The molecule has 3 aromatic carbocycles. The summed E-state index contributed by atoms with van der Waals surface area (Å²) in [6.45, 7) is 6.17. The number of hydrazine groups is 1. The van der Waals surface area contributed by atoms with Crippen molar-refractivity contribution in [3.63, 3.8) is 0 Å². The van der Waals surface area contributed by atoms with Crippen LogP contribution in [0.5, 0.6) is 0 Å². The highest BCUT2D eigenvalue weighted by Crippen LogP contribution is 2.44. The largest absolute Gasteiger partial charge is 0.376 e. The topological polar surface area (TPSA) is 104 Å². The van der Waals surface area contributed by atoms with Crippen molar-refractivity contribution in [3.05, 3.63) is 71.5 Å².